The van der Waals surface area contributed by atoms with Gasteiger partial charge in [-0.05, 0) is 48.6 Å². The number of fused-ring (bicyclic) bond motifs is 1. The molecule has 3 heterocycles. The van der Waals surface area contributed by atoms with Gasteiger partial charge in [-0.3, -0.25) is 9.20 Å². The Labute approximate surface area is 188 Å². The van der Waals surface area contributed by atoms with E-state index in [1.165, 1.54) is 19.8 Å². The minimum atomic E-state index is -4.53. The molecule has 0 unspecified atom stereocenters. The van der Waals surface area contributed by atoms with E-state index in [1.807, 2.05) is 22.0 Å². The number of amides is 1. The van der Waals surface area contributed by atoms with Crippen LogP contribution < -0.4 is 14.8 Å². The van der Waals surface area contributed by atoms with E-state index in [4.69, 9.17) is 14.2 Å². The van der Waals surface area contributed by atoms with Gasteiger partial charge in [0.1, 0.15) is 29.3 Å². The van der Waals surface area contributed by atoms with E-state index in [2.05, 4.69) is 11.1 Å². The molecule has 2 aromatic heterocycles. The molecule has 10 heteroatoms. The summed E-state index contributed by atoms with van der Waals surface area (Å²) >= 11 is 0. The molecule has 1 aromatic carbocycles. The van der Waals surface area contributed by atoms with Crippen LogP contribution in [-0.2, 0) is 4.74 Å². The maximum absolute atomic E-state index is 12.5. The molecule has 1 aliphatic heterocycles. The molecule has 3 aromatic rings. The predicted octanol–water partition coefficient (Wildman–Crippen LogP) is 4.20. The lowest BCUT2D eigenvalue weighted by Gasteiger charge is -2.22. The first-order valence-electron chi connectivity index (χ1n) is 10.5. The second-order valence-electron chi connectivity index (χ2n) is 7.77. The Balaban J connectivity index is 1.69. The third kappa shape index (κ3) is 4.90. The van der Waals surface area contributed by atoms with E-state index < -0.39 is 18.6 Å². The summed E-state index contributed by atoms with van der Waals surface area (Å²) in [5.74, 6) is -0.319. The summed E-state index contributed by atoms with van der Waals surface area (Å²) in [6, 6.07) is 7.27. The number of ether oxygens (including phenoxy) is 3. The summed E-state index contributed by atoms with van der Waals surface area (Å²) in [6.45, 7) is 0.0403. The highest BCUT2D eigenvalue weighted by atomic mass is 19.4. The summed E-state index contributed by atoms with van der Waals surface area (Å²) in [5, 5.41) is 1.86. The number of rotatable bonds is 6. The highest BCUT2D eigenvalue weighted by molar-refractivity contribution is 6.00. The molecule has 176 valence electrons. The third-order valence-electron chi connectivity index (χ3n) is 5.71. The largest absolute Gasteiger partial charge is 0.496 e. The van der Waals surface area contributed by atoms with Crippen LogP contribution >= 0.6 is 0 Å². The fourth-order valence-corrected chi connectivity index (χ4v) is 4.05. The first-order valence-corrected chi connectivity index (χ1v) is 10.5. The molecule has 0 atom stereocenters. The van der Waals surface area contributed by atoms with Gasteiger partial charge in [-0.2, -0.15) is 13.2 Å². The molecule has 0 spiro atoms. The Bertz CT molecular complexity index is 1130. The van der Waals surface area contributed by atoms with Gasteiger partial charge in [-0.15, -0.1) is 0 Å². The Hall–Kier alpha value is -3.27. The van der Waals surface area contributed by atoms with E-state index in [1.54, 1.807) is 18.3 Å². The van der Waals surface area contributed by atoms with Gasteiger partial charge in [0.05, 0.1) is 26.1 Å². The number of pyridine rings is 1. The molecule has 0 radical (unpaired) electrons. The number of aromatic nitrogens is 2. The van der Waals surface area contributed by atoms with Crippen LogP contribution in [0.25, 0.3) is 16.9 Å². The molecule has 0 bridgehead atoms. The summed E-state index contributed by atoms with van der Waals surface area (Å²) in [4.78, 5) is 17.0. The Kier molecular flexibility index (Phi) is 6.46. The van der Waals surface area contributed by atoms with Crippen molar-refractivity contribution < 1.29 is 32.2 Å². The van der Waals surface area contributed by atoms with Crippen molar-refractivity contribution in [3.05, 3.63) is 47.8 Å². The van der Waals surface area contributed by atoms with Crippen LogP contribution in [-0.4, -0.2) is 55.4 Å². The number of methoxy groups -OCH3 is 2. The van der Waals surface area contributed by atoms with E-state index in [0.29, 0.717) is 11.5 Å². The molecule has 7 nitrogen and oxygen atoms in total. The van der Waals surface area contributed by atoms with Gasteiger partial charge in [0.15, 0.2) is 0 Å². The normalized spacial score (nSPS) is 14.9. The third-order valence-corrected chi connectivity index (χ3v) is 5.71. The molecule has 1 aliphatic rings. The molecule has 33 heavy (non-hydrogen) atoms. The first kappa shape index (κ1) is 22.9. The first-order chi connectivity index (χ1) is 15.8. The Morgan fingerprint density at radius 3 is 2.45 bits per heavy atom. The van der Waals surface area contributed by atoms with Crippen molar-refractivity contribution in [2.75, 3.05) is 34.0 Å². The number of halogens is 3. The minimum absolute atomic E-state index is 0.0952. The molecule has 4 rings (SSSR count). The summed E-state index contributed by atoms with van der Waals surface area (Å²) in [7, 11) is 2.68. The fraction of sp³-hybridized carbons (Fsp3) is 0.391. The summed E-state index contributed by atoms with van der Waals surface area (Å²) < 4.78 is 55.6. The number of nitrogens with zero attached hydrogens (tertiary/aromatic N) is 2. The van der Waals surface area contributed by atoms with Crippen LogP contribution in [0.4, 0.5) is 13.2 Å². The highest BCUT2D eigenvalue weighted by Gasteiger charge is 2.30. The van der Waals surface area contributed by atoms with Crippen molar-refractivity contribution in [2.45, 2.75) is 24.9 Å². The van der Waals surface area contributed by atoms with Gasteiger partial charge >= 0.3 is 6.18 Å². The van der Waals surface area contributed by atoms with Crippen molar-refractivity contribution in [2.24, 2.45) is 0 Å². The highest BCUT2D eigenvalue weighted by Crippen LogP contribution is 2.36. The quantitative estimate of drug-likeness (QED) is 0.593. The van der Waals surface area contributed by atoms with Crippen LogP contribution in [0.2, 0.25) is 0 Å². The summed E-state index contributed by atoms with van der Waals surface area (Å²) in [6.07, 6.45) is 1.04. The molecule has 1 saturated heterocycles. The van der Waals surface area contributed by atoms with E-state index in [0.717, 1.165) is 37.4 Å². The summed E-state index contributed by atoms with van der Waals surface area (Å²) in [5.41, 5.74) is 3.22. The maximum atomic E-state index is 12.5. The monoisotopic (exact) mass is 463 g/mol. The SMILES string of the molecule is COc1cc(-c2cnc3cc(C4CCOCC4)ccn23)cc(OC)c1C(=O)NCC(F)(F)F. The average molecular weight is 463 g/mol. The van der Waals surface area contributed by atoms with Crippen molar-refractivity contribution in [3.8, 4) is 22.8 Å². The molecular formula is C23H24F3N3O4. The van der Waals surface area contributed by atoms with Crippen molar-refractivity contribution in [3.63, 3.8) is 0 Å². The van der Waals surface area contributed by atoms with Gasteiger partial charge < -0.3 is 19.5 Å². The van der Waals surface area contributed by atoms with Crippen molar-refractivity contribution in [1.82, 2.24) is 14.7 Å². The maximum Gasteiger partial charge on any atom is 0.405 e. The fourth-order valence-electron chi connectivity index (χ4n) is 4.05. The molecule has 0 saturated carbocycles. The second kappa shape index (κ2) is 9.30. The van der Waals surface area contributed by atoms with Gasteiger partial charge in [0.2, 0.25) is 0 Å². The smallest absolute Gasteiger partial charge is 0.405 e. The zero-order valence-corrected chi connectivity index (χ0v) is 18.2. The number of nitrogens with one attached hydrogen (secondary N) is 1. The number of imidazole rings is 1. The predicted molar refractivity (Wildman–Crippen MR) is 115 cm³/mol. The molecule has 1 fully saturated rings. The van der Waals surface area contributed by atoms with Crippen LogP contribution in [0.15, 0.2) is 36.7 Å². The number of carbonyl (C=O) groups is 1. The number of hydrogen-bond donors (Lipinski definition) is 1. The van der Waals surface area contributed by atoms with Crippen LogP contribution in [0.3, 0.4) is 0 Å². The van der Waals surface area contributed by atoms with E-state index in [-0.39, 0.29) is 17.1 Å². The molecule has 1 amide bonds. The van der Waals surface area contributed by atoms with Crippen molar-refractivity contribution in [1.29, 1.82) is 0 Å². The molecule has 1 N–H and O–H groups in total. The number of hydrogen-bond acceptors (Lipinski definition) is 5. The lowest BCUT2D eigenvalue weighted by molar-refractivity contribution is -0.123. The van der Waals surface area contributed by atoms with Gasteiger partial charge in [0.25, 0.3) is 5.91 Å². The minimum Gasteiger partial charge on any atom is -0.496 e. The van der Waals surface area contributed by atoms with Crippen molar-refractivity contribution >= 4 is 11.6 Å². The van der Waals surface area contributed by atoms with Gasteiger partial charge in [-0.25, -0.2) is 4.98 Å². The van der Waals surface area contributed by atoms with Crippen LogP contribution in [0.5, 0.6) is 11.5 Å². The average Bonchev–Trinajstić information content (AvgIpc) is 3.25. The second-order valence-corrected chi connectivity index (χ2v) is 7.77. The standard InChI is InChI=1S/C23H24F3N3O4/c1-31-18-9-16(10-19(32-2)21(18)22(30)28-13-23(24,25)26)17-12-27-20-11-15(3-6-29(17)20)14-4-7-33-8-5-14/h3,6,9-12,14H,4-5,7-8,13H2,1-2H3,(H,28,30). The number of benzene rings is 1. The zero-order valence-electron chi connectivity index (χ0n) is 18.2. The zero-order chi connectivity index (χ0) is 23.6. The van der Waals surface area contributed by atoms with Crippen LogP contribution in [0.1, 0.15) is 34.7 Å². The molecule has 0 aliphatic carbocycles. The number of carbonyl (C=O) groups excluding carboxylic acids is 1. The number of alkyl halides is 3. The Morgan fingerprint density at radius 1 is 1.18 bits per heavy atom. The van der Waals surface area contributed by atoms with Gasteiger partial charge in [-0.1, -0.05) is 0 Å². The topological polar surface area (TPSA) is 74.1 Å². The lowest BCUT2D eigenvalue weighted by Crippen LogP contribution is -2.34. The Morgan fingerprint density at radius 2 is 1.85 bits per heavy atom. The lowest BCUT2D eigenvalue weighted by atomic mass is 9.92. The van der Waals surface area contributed by atoms with E-state index in [9.17, 15) is 18.0 Å². The molecular weight excluding hydrogens is 439 g/mol. The van der Waals surface area contributed by atoms with Gasteiger partial charge in [0, 0.05) is 25.0 Å². The van der Waals surface area contributed by atoms with Crippen LogP contribution in [0, 0.1) is 0 Å². The van der Waals surface area contributed by atoms with E-state index >= 15 is 0 Å².